The highest BCUT2D eigenvalue weighted by Crippen LogP contribution is 2.32. The first-order valence-corrected chi connectivity index (χ1v) is 7.81. The Morgan fingerprint density at radius 3 is 2.79 bits per heavy atom. The van der Waals surface area contributed by atoms with Crippen LogP contribution in [0.5, 0.6) is 0 Å². The van der Waals surface area contributed by atoms with Crippen molar-refractivity contribution in [1.82, 2.24) is 0 Å². The number of allylic oxidation sites excluding steroid dienone is 1. The van der Waals surface area contributed by atoms with Crippen LogP contribution in [0.15, 0.2) is 22.1 Å². The van der Waals surface area contributed by atoms with Crippen molar-refractivity contribution in [2.45, 2.75) is 32.1 Å². The molecule has 0 radical (unpaired) electrons. The maximum absolute atomic E-state index is 11.3. The molecule has 4 heteroatoms. The maximum Gasteiger partial charge on any atom is 0.373 e. The van der Waals surface area contributed by atoms with Gasteiger partial charge in [0.1, 0.15) is 5.76 Å². The van der Waals surface area contributed by atoms with Crippen LogP contribution in [0, 0.1) is 5.92 Å². The Labute approximate surface area is 122 Å². The fraction of sp³-hybridized carbons (Fsp3) is 0.533. The van der Waals surface area contributed by atoms with Crippen molar-refractivity contribution >= 4 is 28.0 Å². The Morgan fingerprint density at radius 2 is 2.16 bits per heavy atom. The molecule has 104 valence electrons. The topological polar surface area (TPSA) is 39.4 Å². The lowest BCUT2D eigenvalue weighted by Crippen LogP contribution is -2.09. The van der Waals surface area contributed by atoms with Gasteiger partial charge in [0.15, 0.2) is 0 Å². The zero-order chi connectivity index (χ0) is 13.7. The third kappa shape index (κ3) is 3.72. The fourth-order valence-electron chi connectivity index (χ4n) is 2.56. The van der Waals surface area contributed by atoms with E-state index in [-0.39, 0.29) is 5.76 Å². The van der Waals surface area contributed by atoms with Gasteiger partial charge >= 0.3 is 5.97 Å². The van der Waals surface area contributed by atoms with Gasteiger partial charge in [-0.15, -0.1) is 0 Å². The third-order valence-electron chi connectivity index (χ3n) is 3.62. The molecule has 0 aliphatic heterocycles. The van der Waals surface area contributed by atoms with Crippen LogP contribution in [0.1, 0.15) is 48.4 Å². The van der Waals surface area contributed by atoms with Crippen LogP contribution in [0.4, 0.5) is 0 Å². The normalized spacial score (nSPS) is 17.5. The van der Waals surface area contributed by atoms with E-state index in [2.05, 4.69) is 26.7 Å². The van der Waals surface area contributed by atoms with Gasteiger partial charge in [0, 0.05) is 5.33 Å². The van der Waals surface area contributed by atoms with Crippen molar-refractivity contribution in [2.24, 2.45) is 5.92 Å². The SMILES string of the molecule is COC(=O)c1ccc(C=C(CBr)C2CCCCC2)o1. The second-order valence-electron chi connectivity index (χ2n) is 4.88. The molecule has 1 heterocycles. The molecule has 1 aromatic rings. The number of esters is 1. The van der Waals surface area contributed by atoms with Crippen LogP contribution in [-0.4, -0.2) is 18.4 Å². The molecule has 1 aliphatic carbocycles. The molecular formula is C15H19BrO3. The van der Waals surface area contributed by atoms with Crippen molar-refractivity contribution in [2.75, 3.05) is 12.4 Å². The summed E-state index contributed by atoms with van der Waals surface area (Å²) in [5.74, 6) is 1.18. The van der Waals surface area contributed by atoms with Gasteiger partial charge in [-0.2, -0.15) is 0 Å². The molecule has 1 aliphatic rings. The first-order valence-electron chi connectivity index (χ1n) is 6.69. The number of hydrogen-bond acceptors (Lipinski definition) is 3. The van der Waals surface area contributed by atoms with Gasteiger partial charge in [0.05, 0.1) is 7.11 Å². The van der Waals surface area contributed by atoms with Gasteiger partial charge in [-0.05, 0) is 37.0 Å². The monoisotopic (exact) mass is 326 g/mol. The lowest BCUT2D eigenvalue weighted by Gasteiger charge is -2.23. The van der Waals surface area contributed by atoms with Gasteiger partial charge < -0.3 is 9.15 Å². The van der Waals surface area contributed by atoms with Crippen LogP contribution in [0.25, 0.3) is 6.08 Å². The van der Waals surface area contributed by atoms with Crippen LogP contribution in [0.2, 0.25) is 0 Å². The summed E-state index contributed by atoms with van der Waals surface area (Å²) in [4.78, 5) is 11.3. The summed E-state index contributed by atoms with van der Waals surface area (Å²) >= 11 is 3.56. The zero-order valence-corrected chi connectivity index (χ0v) is 12.7. The van der Waals surface area contributed by atoms with Crippen molar-refractivity contribution in [3.63, 3.8) is 0 Å². The molecule has 1 saturated carbocycles. The second-order valence-corrected chi connectivity index (χ2v) is 5.44. The Morgan fingerprint density at radius 1 is 1.42 bits per heavy atom. The maximum atomic E-state index is 11.3. The van der Waals surface area contributed by atoms with Crippen LogP contribution >= 0.6 is 15.9 Å². The Bertz CT molecular complexity index is 456. The van der Waals surface area contributed by atoms with Crippen LogP contribution in [0.3, 0.4) is 0 Å². The van der Waals surface area contributed by atoms with E-state index in [9.17, 15) is 4.79 Å². The summed E-state index contributed by atoms with van der Waals surface area (Å²) < 4.78 is 10.1. The van der Waals surface area contributed by atoms with E-state index >= 15 is 0 Å². The lowest BCUT2D eigenvalue weighted by atomic mass is 9.84. The second kappa shape index (κ2) is 6.94. The molecule has 0 N–H and O–H groups in total. The lowest BCUT2D eigenvalue weighted by molar-refractivity contribution is 0.0564. The average Bonchev–Trinajstić information content (AvgIpc) is 2.93. The minimum atomic E-state index is -0.433. The van der Waals surface area contributed by atoms with E-state index in [1.54, 1.807) is 6.07 Å². The summed E-state index contributed by atoms with van der Waals surface area (Å²) in [7, 11) is 1.35. The van der Waals surface area contributed by atoms with Crippen molar-refractivity contribution in [3.05, 3.63) is 29.2 Å². The predicted molar refractivity (Wildman–Crippen MR) is 78.4 cm³/mol. The summed E-state index contributed by atoms with van der Waals surface area (Å²) in [5.41, 5.74) is 1.35. The van der Waals surface area contributed by atoms with E-state index < -0.39 is 5.97 Å². The summed E-state index contributed by atoms with van der Waals surface area (Å²) in [6.45, 7) is 0. The molecule has 3 nitrogen and oxygen atoms in total. The van der Waals surface area contributed by atoms with Crippen molar-refractivity contribution in [3.8, 4) is 0 Å². The highest BCUT2D eigenvalue weighted by atomic mass is 79.9. The molecule has 0 saturated heterocycles. The highest BCUT2D eigenvalue weighted by molar-refractivity contribution is 9.09. The van der Waals surface area contributed by atoms with E-state index in [1.165, 1.54) is 44.8 Å². The predicted octanol–water partition coefficient (Wildman–Crippen LogP) is 4.42. The minimum Gasteiger partial charge on any atom is -0.463 e. The fourth-order valence-corrected chi connectivity index (χ4v) is 3.18. The van der Waals surface area contributed by atoms with Gasteiger partial charge in [0.25, 0.3) is 0 Å². The molecule has 0 bridgehead atoms. The molecule has 19 heavy (non-hydrogen) atoms. The molecule has 0 aromatic carbocycles. The Balaban J connectivity index is 2.12. The number of alkyl halides is 1. The molecule has 1 fully saturated rings. The largest absolute Gasteiger partial charge is 0.463 e. The molecule has 0 spiro atoms. The average molecular weight is 327 g/mol. The van der Waals surface area contributed by atoms with Crippen LogP contribution in [-0.2, 0) is 4.74 Å². The quantitative estimate of drug-likeness (QED) is 0.607. The number of hydrogen-bond donors (Lipinski definition) is 0. The van der Waals surface area contributed by atoms with Crippen molar-refractivity contribution in [1.29, 1.82) is 0 Å². The highest BCUT2D eigenvalue weighted by Gasteiger charge is 2.18. The molecular weight excluding hydrogens is 308 g/mol. The number of rotatable bonds is 4. The Kier molecular flexibility index (Phi) is 5.25. The summed E-state index contributed by atoms with van der Waals surface area (Å²) in [5, 5.41) is 0.853. The smallest absolute Gasteiger partial charge is 0.373 e. The van der Waals surface area contributed by atoms with Gasteiger partial charge in [-0.3, -0.25) is 0 Å². The van der Waals surface area contributed by atoms with E-state index in [1.807, 2.05) is 6.07 Å². The number of ether oxygens (including phenoxy) is 1. The van der Waals surface area contributed by atoms with E-state index in [0.29, 0.717) is 5.92 Å². The number of methoxy groups -OCH3 is 1. The van der Waals surface area contributed by atoms with Crippen molar-refractivity contribution < 1.29 is 13.9 Å². The Hall–Kier alpha value is -1.03. The molecule has 0 atom stereocenters. The number of carbonyl (C=O) groups is 1. The summed E-state index contributed by atoms with van der Waals surface area (Å²) in [6.07, 6.45) is 8.52. The first-order chi connectivity index (χ1) is 9.24. The molecule has 2 rings (SSSR count). The van der Waals surface area contributed by atoms with Gasteiger partial charge in [0.2, 0.25) is 5.76 Å². The van der Waals surface area contributed by atoms with E-state index in [0.717, 1.165) is 11.1 Å². The number of halogens is 1. The standard InChI is InChI=1S/C15H19BrO3/c1-18-15(17)14-8-7-13(19-14)9-12(10-16)11-5-3-2-4-6-11/h7-9,11H,2-6,10H2,1H3. The zero-order valence-electron chi connectivity index (χ0n) is 11.2. The molecule has 0 unspecified atom stereocenters. The van der Waals surface area contributed by atoms with Gasteiger partial charge in [-0.1, -0.05) is 40.8 Å². The number of carbonyl (C=O) groups excluding carboxylic acids is 1. The molecule has 0 amide bonds. The van der Waals surface area contributed by atoms with Crippen LogP contribution < -0.4 is 0 Å². The van der Waals surface area contributed by atoms with Gasteiger partial charge in [-0.25, -0.2) is 4.79 Å². The first kappa shape index (κ1) is 14.4. The third-order valence-corrected chi connectivity index (χ3v) is 4.27. The minimum absolute atomic E-state index is 0.256. The number of furan rings is 1. The van der Waals surface area contributed by atoms with E-state index in [4.69, 9.17) is 4.42 Å². The summed E-state index contributed by atoms with van der Waals surface area (Å²) in [6, 6.07) is 3.47. The molecule has 1 aromatic heterocycles.